The zero-order valence-corrected chi connectivity index (χ0v) is 11.6. The lowest BCUT2D eigenvalue weighted by Crippen LogP contribution is -2.51. The van der Waals surface area contributed by atoms with Gasteiger partial charge in [0, 0.05) is 32.1 Å². The number of hydrogen-bond acceptors (Lipinski definition) is 3. The van der Waals surface area contributed by atoms with Crippen LogP contribution in [0.25, 0.3) is 0 Å². The van der Waals surface area contributed by atoms with Crippen LogP contribution in [0, 0.1) is 5.92 Å². The third-order valence-electron chi connectivity index (χ3n) is 4.31. The van der Waals surface area contributed by atoms with E-state index in [-0.39, 0.29) is 17.7 Å². The number of rotatable bonds is 2. The van der Waals surface area contributed by atoms with Gasteiger partial charge in [-0.15, -0.1) is 0 Å². The summed E-state index contributed by atoms with van der Waals surface area (Å²) >= 11 is 0. The maximum atomic E-state index is 12.3. The van der Waals surface area contributed by atoms with Crippen molar-refractivity contribution in [1.82, 2.24) is 9.80 Å². The van der Waals surface area contributed by atoms with Gasteiger partial charge in [0.25, 0.3) is 5.91 Å². The highest BCUT2D eigenvalue weighted by Crippen LogP contribution is 2.27. The quantitative estimate of drug-likeness (QED) is 0.827. The molecular weight excluding hydrogens is 256 g/mol. The monoisotopic (exact) mass is 276 g/mol. The Bertz CT molecular complexity index is 469. The summed E-state index contributed by atoms with van der Waals surface area (Å²) in [7, 11) is 0. The number of piperazine rings is 1. The fourth-order valence-electron chi connectivity index (χ4n) is 3.12. The maximum absolute atomic E-state index is 12.3. The summed E-state index contributed by atoms with van der Waals surface area (Å²) < 4.78 is 5.13. The molecule has 108 valence electrons. The van der Waals surface area contributed by atoms with Crippen LogP contribution in [0.4, 0.5) is 0 Å². The van der Waals surface area contributed by atoms with E-state index < -0.39 is 0 Å². The average molecular weight is 276 g/mol. The normalized spacial score (nSPS) is 20.4. The predicted molar refractivity (Wildman–Crippen MR) is 73.1 cm³/mol. The van der Waals surface area contributed by atoms with Crippen LogP contribution in [-0.4, -0.2) is 47.8 Å². The van der Waals surface area contributed by atoms with Crippen LogP contribution in [0.5, 0.6) is 0 Å². The van der Waals surface area contributed by atoms with E-state index in [0.717, 1.165) is 12.8 Å². The van der Waals surface area contributed by atoms with Gasteiger partial charge in [-0.3, -0.25) is 9.59 Å². The summed E-state index contributed by atoms with van der Waals surface area (Å²) in [6.45, 7) is 2.47. The molecule has 2 heterocycles. The molecule has 20 heavy (non-hydrogen) atoms. The Hall–Kier alpha value is -1.78. The van der Waals surface area contributed by atoms with E-state index in [1.165, 1.54) is 19.1 Å². The average Bonchev–Trinajstić information content (AvgIpc) is 3.18. The van der Waals surface area contributed by atoms with Crippen LogP contribution in [-0.2, 0) is 4.79 Å². The summed E-state index contributed by atoms with van der Waals surface area (Å²) in [5.41, 5.74) is 0. The largest absolute Gasteiger partial charge is 0.459 e. The highest BCUT2D eigenvalue weighted by molar-refractivity contribution is 5.91. The van der Waals surface area contributed by atoms with E-state index in [4.69, 9.17) is 4.42 Å². The lowest BCUT2D eigenvalue weighted by molar-refractivity contribution is -0.136. The standard InChI is InChI=1S/C15H20N2O3/c18-14(12-4-1-2-5-12)16-7-9-17(10-8-16)15(19)13-6-3-11-20-13/h3,6,11-12H,1-2,4-5,7-10H2. The molecule has 3 rings (SSSR count). The second kappa shape index (κ2) is 5.69. The van der Waals surface area contributed by atoms with Crippen molar-refractivity contribution < 1.29 is 14.0 Å². The lowest BCUT2D eigenvalue weighted by atomic mass is 10.1. The molecule has 1 aromatic heterocycles. The predicted octanol–water partition coefficient (Wildman–Crippen LogP) is 1.75. The van der Waals surface area contributed by atoms with Crippen LogP contribution in [0.1, 0.15) is 36.2 Å². The molecule has 1 saturated heterocycles. The number of hydrogen-bond donors (Lipinski definition) is 0. The molecule has 1 aliphatic heterocycles. The number of furan rings is 1. The molecule has 0 spiro atoms. The van der Waals surface area contributed by atoms with Crippen LogP contribution >= 0.6 is 0 Å². The summed E-state index contributed by atoms with van der Waals surface area (Å²) in [4.78, 5) is 28.1. The molecule has 1 saturated carbocycles. The Morgan fingerprint density at radius 3 is 2.30 bits per heavy atom. The van der Waals surface area contributed by atoms with Crippen molar-refractivity contribution in [2.24, 2.45) is 5.92 Å². The molecule has 0 bridgehead atoms. The first-order chi connectivity index (χ1) is 9.75. The molecule has 0 N–H and O–H groups in total. The second-order valence-electron chi connectivity index (χ2n) is 5.58. The zero-order valence-electron chi connectivity index (χ0n) is 11.6. The van der Waals surface area contributed by atoms with Crippen molar-refractivity contribution in [3.8, 4) is 0 Å². The SMILES string of the molecule is O=C(c1ccco1)N1CCN(C(=O)C2CCCC2)CC1. The molecule has 5 nitrogen and oxygen atoms in total. The van der Waals surface area contributed by atoms with E-state index in [9.17, 15) is 9.59 Å². The van der Waals surface area contributed by atoms with Crippen molar-refractivity contribution in [2.75, 3.05) is 26.2 Å². The van der Waals surface area contributed by atoms with Crippen LogP contribution in [0.3, 0.4) is 0 Å². The van der Waals surface area contributed by atoms with E-state index in [1.807, 2.05) is 4.90 Å². The van der Waals surface area contributed by atoms with Gasteiger partial charge in [0.05, 0.1) is 6.26 Å². The van der Waals surface area contributed by atoms with Crippen LogP contribution in [0.15, 0.2) is 22.8 Å². The number of nitrogens with zero attached hydrogens (tertiary/aromatic N) is 2. The third-order valence-corrected chi connectivity index (χ3v) is 4.31. The van der Waals surface area contributed by atoms with Gasteiger partial charge in [0.2, 0.25) is 5.91 Å². The minimum atomic E-state index is -0.0806. The van der Waals surface area contributed by atoms with E-state index >= 15 is 0 Å². The van der Waals surface area contributed by atoms with E-state index in [1.54, 1.807) is 17.0 Å². The minimum absolute atomic E-state index is 0.0806. The molecule has 0 unspecified atom stereocenters. The van der Waals surface area contributed by atoms with Gasteiger partial charge < -0.3 is 14.2 Å². The van der Waals surface area contributed by atoms with Crippen molar-refractivity contribution in [1.29, 1.82) is 0 Å². The van der Waals surface area contributed by atoms with Gasteiger partial charge in [-0.2, -0.15) is 0 Å². The van der Waals surface area contributed by atoms with Gasteiger partial charge in [-0.25, -0.2) is 0 Å². The molecule has 2 fully saturated rings. The Kier molecular flexibility index (Phi) is 3.76. The smallest absolute Gasteiger partial charge is 0.289 e. The Labute approximate surface area is 118 Å². The molecule has 1 aromatic rings. The van der Waals surface area contributed by atoms with Gasteiger partial charge in [-0.1, -0.05) is 12.8 Å². The number of carbonyl (C=O) groups is 2. The fraction of sp³-hybridized carbons (Fsp3) is 0.600. The Balaban J connectivity index is 1.54. The Morgan fingerprint density at radius 2 is 1.70 bits per heavy atom. The molecule has 1 aliphatic carbocycles. The van der Waals surface area contributed by atoms with Crippen molar-refractivity contribution in [3.63, 3.8) is 0 Å². The summed E-state index contributed by atoms with van der Waals surface area (Å²) in [6.07, 6.45) is 5.92. The molecule has 0 atom stereocenters. The molecule has 0 aromatic carbocycles. The third kappa shape index (κ3) is 2.57. The lowest BCUT2D eigenvalue weighted by Gasteiger charge is -2.35. The molecule has 5 heteroatoms. The molecule has 2 aliphatic rings. The minimum Gasteiger partial charge on any atom is -0.459 e. The van der Waals surface area contributed by atoms with E-state index in [2.05, 4.69) is 0 Å². The molecular formula is C15H20N2O3. The molecule has 0 radical (unpaired) electrons. The van der Waals surface area contributed by atoms with E-state index in [0.29, 0.717) is 31.9 Å². The first kappa shape index (κ1) is 13.2. The molecule has 2 amide bonds. The topological polar surface area (TPSA) is 53.8 Å². The second-order valence-corrected chi connectivity index (χ2v) is 5.58. The van der Waals surface area contributed by atoms with Gasteiger partial charge in [0.15, 0.2) is 5.76 Å². The van der Waals surface area contributed by atoms with Crippen molar-refractivity contribution in [2.45, 2.75) is 25.7 Å². The first-order valence-corrected chi connectivity index (χ1v) is 7.37. The van der Waals surface area contributed by atoms with Crippen molar-refractivity contribution >= 4 is 11.8 Å². The van der Waals surface area contributed by atoms with Crippen LogP contribution < -0.4 is 0 Å². The fourth-order valence-corrected chi connectivity index (χ4v) is 3.12. The number of carbonyl (C=O) groups excluding carboxylic acids is 2. The highest BCUT2D eigenvalue weighted by atomic mass is 16.3. The first-order valence-electron chi connectivity index (χ1n) is 7.37. The highest BCUT2D eigenvalue weighted by Gasteiger charge is 2.31. The Morgan fingerprint density at radius 1 is 1.05 bits per heavy atom. The summed E-state index contributed by atoms with van der Waals surface area (Å²) in [5, 5.41) is 0. The summed E-state index contributed by atoms with van der Waals surface area (Å²) in [6, 6.07) is 3.39. The van der Waals surface area contributed by atoms with Gasteiger partial charge in [-0.05, 0) is 25.0 Å². The zero-order chi connectivity index (χ0) is 13.9. The number of amides is 2. The van der Waals surface area contributed by atoms with Gasteiger partial charge >= 0.3 is 0 Å². The summed E-state index contributed by atoms with van der Waals surface area (Å²) in [5.74, 6) is 0.804. The maximum Gasteiger partial charge on any atom is 0.289 e. The van der Waals surface area contributed by atoms with Crippen LogP contribution in [0.2, 0.25) is 0 Å². The van der Waals surface area contributed by atoms with Crippen molar-refractivity contribution in [3.05, 3.63) is 24.2 Å². The van der Waals surface area contributed by atoms with Gasteiger partial charge in [0.1, 0.15) is 0 Å².